The molecule has 1 aromatic carbocycles. The monoisotopic (exact) mass is 459 g/mol. The number of nitrogens with zero attached hydrogens (tertiary/aromatic N) is 2. The van der Waals surface area contributed by atoms with Crippen molar-refractivity contribution < 1.29 is 24.0 Å². The van der Waals surface area contributed by atoms with Gasteiger partial charge in [0.1, 0.15) is 5.76 Å². The van der Waals surface area contributed by atoms with Gasteiger partial charge < -0.3 is 15.2 Å². The topological polar surface area (TPSA) is 125 Å². The Balaban J connectivity index is 2.35. The van der Waals surface area contributed by atoms with Crippen molar-refractivity contribution in [3.05, 3.63) is 62.7 Å². The van der Waals surface area contributed by atoms with Crippen LogP contribution in [0.25, 0.3) is 0 Å². The first-order valence-electron chi connectivity index (χ1n) is 11.2. The van der Waals surface area contributed by atoms with Crippen molar-refractivity contribution in [1.82, 2.24) is 4.90 Å². The number of esters is 1. The number of carbonyl (C=O) groups excluding carboxylic acids is 2. The maximum absolute atomic E-state index is 12.8. The van der Waals surface area contributed by atoms with E-state index in [1.807, 2.05) is 0 Å². The van der Waals surface area contributed by atoms with Crippen molar-refractivity contribution in [2.75, 3.05) is 20.3 Å². The summed E-state index contributed by atoms with van der Waals surface area (Å²) in [6, 6.07) is 6.09. The van der Waals surface area contributed by atoms with Crippen LogP contribution in [0.5, 0.6) is 0 Å². The van der Waals surface area contributed by atoms with Crippen LogP contribution in [0.1, 0.15) is 63.9 Å². The Morgan fingerprint density at radius 3 is 2.42 bits per heavy atom. The minimum absolute atomic E-state index is 0.0957. The second-order valence-electron chi connectivity index (χ2n) is 7.96. The average molecular weight is 460 g/mol. The van der Waals surface area contributed by atoms with Crippen molar-refractivity contribution in [2.24, 2.45) is 5.73 Å². The number of carbonyl (C=O) groups is 2. The lowest BCUT2D eigenvalue weighted by atomic mass is 9.84. The summed E-state index contributed by atoms with van der Waals surface area (Å²) < 4.78 is 11.1. The van der Waals surface area contributed by atoms with Crippen LogP contribution in [-0.4, -0.2) is 42.5 Å². The molecule has 0 bridgehead atoms. The molecule has 1 unspecified atom stereocenters. The number of nitro benzene ring substituents is 1. The molecule has 1 aliphatic heterocycles. The molecule has 0 aromatic heterocycles. The van der Waals surface area contributed by atoms with Crippen molar-refractivity contribution in [1.29, 1.82) is 0 Å². The highest BCUT2D eigenvalue weighted by Gasteiger charge is 2.38. The molecule has 33 heavy (non-hydrogen) atoms. The van der Waals surface area contributed by atoms with E-state index in [9.17, 15) is 19.7 Å². The standard InChI is InChI=1S/C24H33N3O6/c1-17-21(24(29)32-3)22(19-11-10-12-20(15-19)27(30)31)23(18(2)26(17)16-28)33-14-9-7-5-4-6-8-13-25/h10-12,15-16,22H,4-9,13-14,25H2,1-3H3. The summed E-state index contributed by atoms with van der Waals surface area (Å²) in [7, 11) is 1.26. The van der Waals surface area contributed by atoms with E-state index in [-0.39, 0.29) is 11.3 Å². The van der Waals surface area contributed by atoms with E-state index in [1.165, 1.54) is 24.1 Å². The normalized spacial score (nSPS) is 16.1. The maximum Gasteiger partial charge on any atom is 0.336 e. The number of allylic oxidation sites excluding steroid dienone is 3. The van der Waals surface area contributed by atoms with Crippen LogP contribution in [0.4, 0.5) is 5.69 Å². The zero-order chi connectivity index (χ0) is 24.4. The van der Waals surface area contributed by atoms with E-state index in [0.29, 0.717) is 42.3 Å². The predicted octanol–water partition coefficient (Wildman–Crippen LogP) is 4.14. The Labute approximate surface area is 194 Å². The minimum Gasteiger partial charge on any atom is -0.495 e. The lowest BCUT2D eigenvalue weighted by Crippen LogP contribution is -2.32. The molecule has 180 valence electrons. The lowest BCUT2D eigenvalue weighted by molar-refractivity contribution is -0.384. The fourth-order valence-electron chi connectivity index (χ4n) is 4.04. The van der Waals surface area contributed by atoms with Crippen molar-refractivity contribution >= 4 is 18.1 Å². The number of amides is 1. The summed E-state index contributed by atoms with van der Waals surface area (Å²) in [4.78, 5) is 36.8. The fourth-order valence-corrected chi connectivity index (χ4v) is 4.04. The van der Waals surface area contributed by atoms with Gasteiger partial charge in [-0.15, -0.1) is 0 Å². The van der Waals surface area contributed by atoms with Gasteiger partial charge in [0.15, 0.2) is 0 Å². The minimum atomic E-state index is -0.724. The number of non-ortho nitro benzene ring substituents is 1. The molecule has 1 aliphatic rings. The first-order valence-corrected chi connectivity index (χ1v) is 11.2. The van der Waals surface area contributed by atoms with Crippen LogP contribution >= 0.6 is 0 Å². The molecule has 0 fully saturated rings. The smallest absolute Gasteiger partial charge is 0.336 e. The SMILES string of the molecule is COC(=O)C1=C(C)N(C=O)C(C)=C(OCCCCCCCCN)C1c1cccc([N+](=O)[O-])c1. The van der Waals surface area contributed by atoms with Crippen molar-refractivity contribution in [3.63, 3.8) is 0 Å². The third-order valence-electron chi connectivity index (χ3n) is 5.80. The number of ether oxygens (including phenoxy) is 2. The second-order valence-corrected chi connectivity index (χ2v) is 7.96. The van der Waals surface area contributed by atoms with Crippen LogP contribution in [0.3, 0.4) is 0 Å². The number of benzene rings is 1. The molecular formula is C24H33N3O6. The number of hydrogen-bond acceptors (Lipinski definition) is 7. The summed E-state index contributed by atoms with van der Waals surface area (Å²) >= 11 is 0. The van der Waals surface area contributed by atoms with Crippen LogP contribution < -0.4 is 5.73 Å². The van der Waals surface area contributed by atoms with Gasteiger partial charge in [-0.25, -0.2) is 4.79 Å². The van der Waals surface area contributed by atoms with Gasteiger partial charge in [-0.1, -0.05) is 37.8 Å². The molecular weight excluding hydrogens is 426 g/mol. The van der Waals surface area contributed by atoms with Gasteiger partial charge in [-0.05, 0) is 38.8 Å². The van der Waals surface area contributed by atoms with Gasteiger partial charge in [0, 0.05) is 17.8 Å². The van der Waals surface area contributed by atoms with Crippen LogP contribution in [-0.2, 0) is 19.1 Å². The third-order valence-corrected chi connectivity index (χ3v) is 5.80. The Kier molecular flexibility index (Phi) is 10.1. The number of hydrogen-bond donors (Lipinski definition) is 1. The summed E-state index contributed by atoms with van der Waals surface area (Å²) in [6.07, 6.45) is 6.73. The first-order chi connectivity index (χ1) is 15.9. The molecule has 9 nitrogen and oxygen atoms in total. The number of methoxy groups -OCH3 is 1. The van der Waals surface area contributed by atoms with Gasteiger partial charge in [-0.3, -0.25) is 19.8 Å². The Morgan fingerprint density at radius 2 is 1.82 bits per heavy atom. The van der Waals surface area contributed by atoms with Crippen LogP contribution in [0.2, 0.25) is 0 Å². The average Bonchev–Trinajstić information content (AvgIpc) is 2.81. The Hall–Kier alpha value is -3.20. The summed E-state index contributed by atoms with van der Waals surface area (Å²) in [5, 5.41) is 11.4. The molecule has 1 atom stereocenters. The quantitative estimate of drug-likeness (QED) is 0.154. The van der Waals surface area contributed by atoms with Crippen LogP contribution in [0.15, 0.2) is 47.0 Å². The summed E-state index contributed by atoms with van der Waals surface area (Å²) in [5.41, 5.74) is 7.10. The number of nitrogens with two attached hydrogens (primary N) is 1. The Bertz CT molecular complexity index is 925. The molecule has 1 amide bonds. The molecule has 1 heterocycles. The third kappa shape index (κ3) is 6.41. The zero-order valence-corrected chi connectivity index (χ0v) is 19.5. The van der Waals surface area contributed by atoms with E-state index in [0.717, 1.165) is 38.5 Å². The van der Waals surface area contributed by atoms with Crippen LogP contribution in [0, 0.1) is 10.1 Å². The van der Waals surface area contributed by atoms with Gasteiger partial charge >= 0.3 is 5.97 Å². The highest BCUT2D eigenvalue weighted by atomic mass is 16.6. The van der Waals surface area contributed by atoms with Gasteiger partial charge in [-0.2, -0.15) is 0 Å². The van der Waals surface area contributed by atoms with Gasteiger partial charge in [0.25, 0.3) is 5.69 Å². The van der Waals surface area contributed by atoms with E-state index < -0.39 is 16.8 Å². The van der Waals surface area contributed by atoms with Crippen molar-refractivity contribution in [2.45, 2.75) is 58.3 Å². The molecule has 2 N–H and O–H groups in total. The van der Waals surface area contributed by atoms with E-state index in [2.05, 4.69) is 0 Å². The zero-order valence-electron chi connectivity index (χ0n) is 19.5. The highest BCUT2D eigenvalue weighted by Crippen LogP contribution is 2.43. The summed E-state index contributed by atoms with van der Waals surface area (Å²) in [6.45, 7) is 4.48. The van der Waals surface area contributed by atoms with E-state index in [1.54, 1.807) is 26.0 Å². The first kappa shape index (κ1) is 26.1. The second kappa shape index (κ2) is 12.7. The molecule has 9 heteroatoms. The largest absolute Gasteiger partial charge is 0.495 e. The van der Waals surface area contributed by atoms with E-state index >= 15 is 0 Å². The molecule has 0 radical (unpaired) electrons. The molecule has 0 saturated heterocycles. The predicted molar refractivity (Wildman–Crippen MR) is 124 cm³/mol. The molecule has 0 aliphatic carbocycles. The number of rotatable bonds is 13. The number of nitro groups is 1. The Morgan fingerprint density at radius 1 is 1.15 bits per heavy atom. The molecule has 2 rings (SSSR count). The molecule has 0 spiro atoms. The summed E-state index contributed by atoms with van der Waals surface area (Å²) in [5.74, 6) is -0.931. The number of unbranched alkanes of at least 4 members (excludes halogenated alkanes) is 5. The maximum atomic E-state index is 12.8. The van der Waals surface area contributed by atoms with Gasteiger partial charge in [0.2, 0.25) is 6.41 Å². The molecule has 1 aromatic rings. The van der Waals surface area contributed by atoms with E-state index in [4.69, 9.17) is 15.2 Å². The van der Waals surface area contributed by atoms with Crippen molar-refractivity contribution in [3.8, 4) is 0 Å². The highest BCUT2D eigenvalue weighted by molar-refractivity contribution is 5.93. The fraction of sp³-hybridized carbons (Fsp3) is 0.500. The van der Waals surface area contributed by atoms with Gasteiger partial charge in [0.05, 0.1) is 35.8 Å². The molecule has 0 saturated carbocycles. The lowest BCUT2D eigenvalue weighted by Gasteiger charge is -2.35.